The minimum Gasteiger partial charge on any atom is -0.497 e. The van der Waals surface area contributed by atoms with Crippen LogP contribution < -0.4 is 25.5 Å². The maximum absolute atomic E-state index is 12.3. The monoisotopic (exact) mass is 494 g/mol. The van der Waals surface area contributed by atoms with Crippen LogP contribution in [0.2, 0.25) is 5.02 Å². The van der Waals surface area contributed by atoms with Crippen molar-refractivity contribution in [1.82, 2.24) is 15.2 Å². The summed E-state index contributed by atoms with van der Waals surface area (Å²) in [6, 6.07) is 18.5. The Morgan fingerprint density at radius 1 is 1.03 bits per heavy atom. The van der Waals surface area contributed by atoms with Gasteiger partial charge in [0.05, 0.1) is 7.11 Å². The van der Waals surface area contributed by atoms with Gasteiger partial charge in [0.15, 0.2) is 0 Å². The summed E-state index contributed by atoms with van der Waals surface area (Å²) in [5.74, 6) is 1.02. The van der Waals surface area contributed by atoms with Crippen molar-refractivity contribution in [2.75, 3.05) is 43.1 Å². The highest BCUT2D eigenvalue weighted by Gasteiger charge is 2.19. The second-order valence-electron chi connectivity index (χ2n) is 8.04. The first-order valence-electron chi connectivity index (χ1n) is 11.3. The van der Waals surface area contributed by atoms with Gasteiger partial charge in [-0.3, -0.25) is 9.59 Å². The zero-order valence-corrected chi connectivity index (χ0v) is 20.2. The molecule has 0 aliphatic carbocycles. The number of hydrogen-bond acceptors (Lipinski definition) is 7. The number of benzene rings is 2. The topological polar surface area (TPSA) is 92.1 Å². The van der Waals surface area contributed by atoms with Crippen molar-refractivity contribution < 1.29 is 9.53 Å². The third-order valence-corrected chi connectivity index (χ3v) is 5.96. The van der Waals surface area contributed by atoms with Gasteiger partial charge >= 0.3 is 0 Å². The summed E-state index contributed by atoms with van der Waals surface area (Å²) in [4.78, 5) is 28.9. The molecule has 9 nitrogen and oxygen atoms in total. The van der Waals surface area contributed by atoms with E-state index in [1.165, 1.54) is 6.07 Å². The van der Waals surface area contributed by atoms with E-state index in [0.717, 1.165) is 47.9 Å². The van der Waals surface area contributed by atoms with Gasteiger partial charge in [0.2, 0.25) is 0 Å². The molecule has 0 bridgehead atoms. The summed E-state index contributed by atoms with van der Waals surface area (Å²) >= 11 is 5.98. The molecule has 182 valence electrons. The quantitative estimate of drug-likeness (QED) is 0.382. The lowest BCUT2D eigenvalue weighted by atomic mass is 10.2. The Balaban J connectivity index is 1.29. The van der Waals surface area contributed by atoms with E-state index in [1.54, 1.807) is 19.4 Å². The van der Waals surface area contributed by atoms with Crippen LogP contribution in [0.4, 0.5) is 11.5 Å². The van der Waals surface area contributed by atoms with E-state index in [-0.39, 0.29) is 12.1 Å². The van der Waals surface area contributed by atoms with Crippen LogP contribution in [0.25, 0.3) is 0 Å². The number of piperazine rings is 1. The zero-order chi connectivity index (χ0) is 24.6. The number of nitrogens with zero attached hydrogens (tertiary/aromatic N) is 5. The first-order chi connectivity index (χ1) is 17.0. The molecule has 1 aromatic heterocycles. The van der Waals surface area contributed by atoms with Crippen molar-refractivity contribution in [3.8, 4) is 5.75 Å². The van der Waals surface area contributed by atoms with Crippen LogP contribution in [0.15, 0.2) is 70.6 Å². The lowest BCUT2D eigenvalue weighted by Crippen LogP contribution is -2.47. The number of ether oxygens (including phenoxy) is 1. The summed E-state index contributed by atoms with van der Waals surface area (Å²) in [5, 5.41) is 9.09. The van der Waals surface area contributed by atoms with Crippen LogP contribution in [0.1, 0.15) is 5.56 Å². The van der Waals surface area contributed by atoms with E-state index in [4.69, 9.17) is 16.3 Å². The third kappa shape index (κ3) is 6.60. The van der Waals surface area contributed by atoms with Crippen molar-refractivity contribution in [1.29, 1.82) is 0 Å². The van der Waals surface area contributed by atoms with E-state index in [2.05, 4.69) is 25.4 Å². The van der Waals surface area contributed by atoms with E-state index >= 15 is 0 Å². The van der Waals surface area contributed by atoms with E-state index < -0.39 is 5.91 Å². The molecule has 2 heterocycles. The largest absolute Gasteiger partial charge is 0.497 e. The summed E-state index contributed by atoms with van der Waals surface area (Å²) in [7, 11) is 1.62. The molecule has 0 unspecified atom stereocenters. The van der Waals surface area contributed by atoms with Gasteiger partial charge in [0.1, 0.15) is 18.1 Å². The zero-order valence-electron chi connectivity index (χ0n) is 19.4. The second-order valence-corrected chi connectivity index (χ2v) is 8.47. The number of aromatic nitrogens is 2. The molecule has 1 aliphatic rings. The molecular formula is C25H27ClN6O3. The van der Waals surface area contributed by atoms with Gasteiger partial charge in [0.25, 0.3) is 11.5 Å². The minimum absolute atomic E-state index is 0.211. The number of methoxy groups -OCH3 is 1. The molecule has 0 spiro atoms. The molecule has 0 saturated carbocycles. The number of rotatable bonds is 8. The number of anilines is 2. The first-order valence-corrected chi connectivity index (χ1v) is 11.7. The van der Waals surface area contributed by atoms with Gasteiger partial charge < -0.3 is 14.5 Å². The molecule has 1 aliphatic heterocycles. The van der Waals surface area contributed by atoms with E-state index in [0.29, 0.717) is 17.3 Å². The molecule has 1 fully saturated rings. The van der Waals surface area contributed by atoms with Crippen molar-refractivity contribution in [2.24, 2.45) is 5.10 Å². The standard InChI is InChI=1S/C25H27ClN6O3/c1-35-22-8-2-19(3-9-22)12-13-27-28-24(33)18-32-25(34)11-10-23(29-32)31-16-14-30(15-17-31)21-6-4-20(26)5-7-21/h2-11,13H,12,14-18H2,1H3,(H,28,33)/b27-13+. The average Bonchev–Trinajstić information content (AvgIpc) is 2.89. The predicted molar refractivity (Wildman–Crippen MR) is 138 cm³/mol. The van der Waals surface area contributed by atoms with E-state index in [9.17, 15) is 9.59 Å². The minimum atomic E-state index is -0.421. The van der Waals surface area contributed by atoms with Gasteiger partial charge in [-0.1, -0.05) is 23.7 Å². The van der Waals surface area contributed by atoms with Crippen LogP contribution in [0, 0.1) is 0 Å². The lowest BCUT2D eigenvalue weighted by molar-refractivity contribution is -0.121. The van der Waals surface area contributed by atoms with Gasteiger partial charge in [-0.15, -0.1) is 0 Å². The maximum Gasteiger partial charge on any atom is 0.267 e. The fraction of sp³-hybridized carbons (Fsp3) is 0.280. The maximum atomic E-state index is 12.3. The number of hydrogen-bond donors (Lipinski definition) is 1. The number of amides is 1. The SMILES string of the molecule is COc1ccc(C/C=N/NC(=O)Cn2nc(N3CCN(c4ccc(Cl)cc4)CC3)ccc2=O)cc1. The van der Waals surface area contributed by atoms with Gasteiger partial charge in [0, 0.05) is 55.6 Å². The molecule has 10 heteroatoms. The van der Waals surface area contributed by atoms with Crippen molar-refractivity contribution in [2.45, 2.75) is 13.0 Å². The van der Waals surface area contributed by atoms with Gasteiger partial charge in [-0.2, -0.15) is 10.2 Å². The van der Waals surface area contributed by atoms with Gasteiger partial charge in [-0.25, -0.2) is 10.1 Å². The number of carbonyl (C=O) groups is 1. The summed E-state index contributed by atoms with van der Waals surface area (Å²) in [6.07, 6.45) is 2.16. The summed E-state index contributed by atoms with van der Waals surface area (Å²) < 4.78 is 6.29. The van der Waals surface area contributed by atoms with Crippen LogP contribution in [0.3, 0.4) is 0 Å². The highest BCUT2D eigenvalue weighted by Crippen LogP contribution is 2.21. The highest BCUT2D eigenvalue weighted by molar-refractivity contribution is 6.30. The molecule has 0 radical (unpaired) electrons. The highest BCUT2D eigenvalue weighted by atomic mass is 35.5. The molecule has 2 aromatic carbocycles. The number of nitrogens with one attached hydrogen (secondary N) is 1. The molecule has 1 amide bonds. The third-order valence-electron chi connectivity index (χ3n) is 5.71. The predicted octanol–water partition coefficient (Wildman–Crippen LogP) is 2.58. The first kappa shape index (κ1) is 24.3. The Morgan fingerprint density at radius 3 is 2.40 bits per heavy atom. The molecular weight excluding hydrogens is 468 g/mol. The molecule has 35 heavy (non-hydrogen) atoms. The number of hydrazone groups is 1. The van der Waals surface area contributed by atoms with Crippen molar-refractivity contribution in [3.63, 3.8) is 0 Å². The van der Waals surface area contributed by atoms with Gasteiger partial charge in [-0.05, 0) is 48.0 Å². The number of carbonyl (C=O) groups excluding carboxylic acids is 1. The molecule has 1 N–H and O–H groups in total. The van der Waals surface area contributed by atoms with Crippen molar-refractivity contribution >= 4 is 35.2 Å². The molecule has 4 rings (SSSR count). The molecule has 0 atom stereocenters. The smallest absolute Gasteiger partial charge is 0.267 e. The number of halogens is 1. The summed E-state index contributed by atoms with van der Waals surface area (Å²) in [5.41, 5.74) is 4.27. The molecule has 1 saturated heterocycles. The lowest BCUT2D eigenvalue weighted by Gasteiger charge is -2.36. The Morgan fingerprint density at radius 2 is 1.71 bits per heavy atom. The normalized spacial score (nSPS) is 13.8. The average molecular weight is 495 g/mol. The fourth-order valence-electron chi connectivity index (χ4n) is 3.77. The van der Waals surface area contributed by atoms with E-state index in [1.807, 2.05) is 48.5 Å². The summed E-state index contributed by atoms with van der Waals surface area (Å²) in [6.45, 7) is 2.90. The van der Waals surface area contributed by atoms with Crippen LogP contribution >= 0.6 is 11.6 Å². The Kier molecular flexibility index (Phi) is 7.99. The Bertz CT molecular complexity index is 1220. The van der Waals surface area contributed by atoms with Crippen LogP contribution in [-0.4, -0.2) is 55.2 Å². The second kappa shape index (κ2) is 11.5. The Hall–Kier alpha value is -3.85. The van der Waals surface area contributed by atoms with Crippen LogP contribution in [-0.2, 0) is 17.8 Å². The van der Waals surface area contributed by atoms with Crippen LogP contribution in [0.5, 0.6) is 5.75 Å². The fourth-order valence-corrected chi connectivity index (χ4v) is 3.89. The Labute approximate surface area is 208 Å². The molecule has 3 aromatic rings. The van der Waals surface area contributed by atoms with Crippen molar-refractivity contribution in [3.05, 3.63) is 81.6 Å².